The molecule has 3 amide bonds. The van der Waals surface area contributed by atoms with Crippen molar-refractivity contribution in [3.05, 3.63) is 108 Å². The van der Waals surface area contributed by atoms with Crippen LogP contribution in [-0.4, -0.2) is 29.8 Å². The molecule has 0 saturated heterocycles. The van der Waals surface area contributed by atoms with E-state index in [0.29, 0.717) is 34.2 Å². The first kappa shape index (κ1) is 26.6. The predicted molar refractivity (Wildman–Crippen MR) is 152 cm³/mol. The molecule has 9 nitrogen and oxygen atoms in total. The molecule has 0 spiro atoms. The van der Waals surface area contributed by atoms with Gasteiger partial charge in [0.05, 0.1) is 11.5 Å². The van der Waals surface area contributed by atoms with Gasteiger partial charge in [-0.05, 0) is 67.6 Å². The maximum Gasteiger partial charge on any atom is 0.272 e. The second-order valence-electron chi connectivity index (χ2n) is 8.69. The van der Waals surface area contributed by atoms with Crippen LogP contribution >= 0.6 is 11.8 Å². The predicted octanol–water partition coefficient (Wildman–Crippen LogP) is 5.54. The molecule has 4 aromatic rings. The van der Waals surface area contributed by atoms with Crippen molar-refractivity contribution in [1.82, 2.24) is 5.32 Å². The molecule has 5 rings (SSSR count). The van der Waals surface area contributed by atoms with Crippen LogP contribution in [0.15, 0.2) is 106 Å². The highest BCUT2D eigenvalue weighted by Gasteiger charge is 2.19. The summed E-state index contributed by atoms with van der Waals surface area (Å²) in [4.78, 5) is 39.3. The number of carbonyl (C=O) groups excluding carboxylic acids is 3. The number of benzene rings is 3. The number of nitrogens with one attached hydrogen (secondary N) is 3. The number of thioether (sulfide) groups is 1. The molecule has 202 valence electrons. The minimum Gasteiger partial charge on any atom is -0.465 e. The van der Waals surface area contributed by atoms with Crippen LogP contribution in [0.1, 0.15) is 23.0 Å². The van der Waals surface area contributed by atoms with Crippen LogP contribution in [0, 0.1) is 0 Å². The summed E-state index contributed by atoms with van der Waals surface area (Å²) in [6.45, 7) is 1.98. The van der Waals surface area contributed by atoms with Gasteiger partial charge < -0.3 is 29.8 Å². The van der Waals surface area contributed by atoms with Crippen LogP contribution in [-0.2, 0) is 9.59 Å². The highest BCUT2D eigenvalue weighted by molar-refractivity contribution is 8.00. The number of amides is 3. The lowest BCUT2D eigenvalue weighted by Gasteiger charge is -2.13. The lowest BCUT2D eigenvalue weighted by Crippen LogP contribution is -2.30. The van der Waals surface area contributed by atoms with E-state index < -0.39 is 11.8 Å². The van der Waals surface area contributed by atoms with Crippen molar-refractivity contribution in [2.45, 2.75) is 17.1 Å². The first-order chi connectivity index (χ1) is 19.4. The number of hydrogen-bond acceptors (Lipinski definition) is 7. The summed E-state index contributed by atoms with van der Waals surface area (Å²) in [5.74, 6) is 0.555. The number of hydrogen-bond donors (Lipinski definition) is 3. The monoisotopic (exact) mass is 555 g/mol. The molecule has 1 aliphatic heterocycles. The molecular weight excluding hydrogens is 530 g/mol. The maximum absolute atomic E-state index is 13.1. The third-order valence-electron chi connectivity index (χ3n) is 5.79. The summed E-state index contributed by atoms with van der Waals surface area (Å²) in [6, 6.07) is 24.3. The van der Waals surface area contributed by atoms with Gasteiger partial charge >= 0.3 is 0 Å². The van der Waals surface area contributed by atoms with Gasteiger partial charge in [-0.2, -0.15) is 0 Å². The molecule has 1 atom stereocenters. The summed E-state index contributed by atoms with van der Waals surface area (Å²) in [7, 11) is 0. The Hall–Kier alpha value is -4.96. The Balaban J connectivity index is 1.20. The second-order valence-corrected chi connectivity index (χ2v) is 10.1. The van der Waals surface area contributed by atoms with E-state index in [4.69, 9.17) is 13.9 Å². The van der Waals surface area contributed by atoms with E-state index in [1.807, 2.05) is 19.1 Å². The lowest BCUT2D eigenvalue weighted by molar-refractivity contribution is -0.115. The maximum atomic E-state index is 13.1. The quantitative estimate of drug-likeness (QED) is 0.183. The average molecular weight is 556 g/mol. The van der Waals surface area contributed by atoms with E-state index in [1.54, 1.807) is 72.8 Å². The summed E-state index contributed by atoms with van der Waals surface area (Å²) in [6.07, 6.45) is 2.94. The standard InChI is InChI=1S/C30H25N3O6S/c1-19(28(34)32-22-11-14-26-27(16-22)39-18-38-26)40-24-12-9-21(10-13-24)31-30(36)25(17-23-8-5-15-37-23)33-29(35)20-6-3-2-4-7-20/h2-17,19H,18H2,1H3,(H,31,36)(H,32,34)(H,33,35)/b25-17-. The van der Waals surface area contributed by atoms with Gasteiger partial charge in [0, 0.05) is 34.0 Å². The molecule has 1 unspecified atom stereocenters. The number of anilines is 2. The van der Waals surface area contributed by atoms with Crippen molar-refractivity contribution < 1.29 is 28.3 Å². The van der Waals surface area contributed by atoms with Gasteiger partial charge in [0.25, 0.3) is 11.8 Å². The first-order valence-electron chi connectivity index (χ1n) is 12.3. The number of ether oxygens (including phenoxy) is 2. The molecule has 2 heterocycles. The van der Waals surface area contributed by atoms with Crippen molar-refractivity contribution >= 4 is 46.9 Å². The fourth-order valence-corrected chi connectivity index (χ4v) is 4.62. The minimum absolute atomic E-state index is 0.0241. The molecule has 40 heavy (non-hydrogen) atoms. The SMILES string of the molecule is CC(Sc1ccc(NC(=O)/C(=C/c2ccco2)NC(=O)c2ccccc2)cc1)C(=O)Nc1ccc2c(c1)OCO2. The Labute approximate surface area is 234 Å². The van der Waals surface area contributed by atoms with Crippen molar-refractivity contribution in [1.29, 1.82) is 0 Å². The van der Waals surface area contributed by atoms with E-state index in [0.717, 1.165) is 4.90 Å². The molecule has 0 radical (unpaired) electrons. The van der Waals surface area contributed by atoms with Crippen LogP contribution in [0.2, 0.25) is 0 Å². The smallest absolute Gasteiger partial charge is 0.272 e. The van der Waals surface area contributed by atoms with Crippen LogP contribution in [0.25, 0.3) is 6.08 Å². The largest absolute Gasteiger partial charge is 0.465 e. The molecular formula is C30H25N3O6S. The van der Waals surface area contributed by atoms with E-state index in [1.165, 1.54) is 24.1 Å². The Morgan fingerprint density at radius 2 is 1.60 bits per heavy atom. The molecule has 0 fully saturated rings. The van der Waals surface area contributed by atoms with Gasteiger partial charge in [0.15, 0.2) is 11.5 Å². The fourth-order valence-electron chi connectivity index (χ4n) is 3.75. The number of carbonyl (C=O) groups is 3. The highest BCUT2D eigenvalue weighted by atomic mass is 32.2. The summed E-state index contributed by atoms with van der Waals surface area (Å²) in [5.41, 5.74) is 1.58. The third-order valence-corrected chi connectivity index (χ3v) is 6.90. The Kier molecular flexibility index (Phi) is 8.17. The van der Waals surface area contributed by atoms with Crippen LogP contribution in [0.3, 0.4) is 0 Å². The number of fused-ring (bicyclic) bond motifs is 1. The summed E-state index contributed by atoms with van der Waals surface area (Å²) in [5, 5.41) is 7.95. The zero-order valence-corrected chi connectivity index (χ0v) is 22.2. The van der Waals surface area contributed by atoms with Crippen molar-refractivity contribution in [3.8, 4) is 11.5 Å². The average Bonchev–Trinajstić information content (AvgIpc) is 3.66. The normalized spacial score (nSPS) is 12.9. The Morgan fingerprint density at radius 1 is 0.850 bits per heavy atom. The van der Waals surface area contributed by atoms with Gasteiger partial charge in [-0.15, -0.1) is 11.8 Å². The topological polar surface area (TPSA) is 119 Å². The molecule has 0 aliphatic carbocycles. The number of furan rings is 1. The van der Waals surface area contributed by atoms with Gasteiger partial charge in [0.1, 0.15) is 11.5 Å². The molecule has 10 heteroatoms. The van der Waals surface area contributed by atoms with Crippen molar-refractivity contribution in [3.63, 3.8) is 0 Å². The van der Waals surface area contributed by atoms with Gasteiger partial charge in [-0.1, -0.05) is 18.2 Å². The Morgan fingerprint density at radius 3 is 2.35 bits per heavy atom. The first-order valence-corrected chi connectivity index (χ1v) is 13.2. The highest BCUT2D eigenvalue weighted by Crippen LogP contribution is 2.34. The Bertz CT molecular complexity index is 1540. The molecule has 1 aromatic heterocycles. The molecule has 3 aromatic carbocycles. The van der Waals surface area contributed by atoms with Gasteiger partial charge in [0.2, 0.25) is 12.7 Å². The molecule has 1 aliphatic rings. The van der Waals surface area contributed by atoms with Crippen LogP contribution in [0.5, 0.6) is 11.5 Å². The third kappa shape index (κ3) is 6.72. The van der Waals surface area contributed by atoms with E-state index in [9.17, 15) is 14.4 Å². The van der Waals surface area contributed by atoms with Crippen LogP contribution < -0.4 is 25.4 Å². The van der Waals surface area contributed by atoms with Crippen LogP contribution in [0.4, 0.5) is 11.4 Å². The van der Waals surface area contributed by atoms with E-state index in [2.05, 4.69) is 16.0 Å². The van der Waals surface area contributed by atoms with Crippen molar-refractivity contribution in [2.24, 2.45) is 0 Å². The lowest BCUT2D eigenvalue weighted by atomic mass is 10.2. The fraction of sp³-hybridized carbons (Fsp3) is 0.100. The second kappa shape index (κ2) is 12.3. The van der Waals surface area contributed by atoms with Crippen molar-refractivity contribution in [2.75, 3.05) is 17.4 Å². The molecule has 0 bridgehead atoms. The number of rotatable bonds is 9. The van der Waals surface area contributed by atoms with E-state index >= 15 is 0 Å². The molecule has 3 N–H and O–H groups in total. The minimum atomic E-state index is -0.516. The van der Waals surface area contributed by atoms with Gasteiger partial charge in [-0.25, -0.2) is 0 Å². The summed E-state index contributed by atoms with van der Waals surface area (Å²) >= 11 is 1.38. The zero-order valence-electron chi connectivity index (χ0n) is 21.4. The van der Waals surface area contributed by atoms with Gasteiger partial charge in [-0.3, -0.25) is 14.4 Å². The van der Waals surface area contributed by atoms with E-state index in [-0.39, 0.29) is 23.6 Å². The zero-order chi connectivity index (χ0) is 27.9. The molecule has 0 saturated carbocycles. The summed E-state index contributed by atoms with van der Waals surface area (Å²) < 4.78 is 16.0.